The van der Waals surface area contributed by atoms with Gasteiger partial charge in [-0.05, 0) is 25.5 Å². The van der Waals surface area contributed by atoms with E-state index in [-0.39, 0.29) is 11.6 Å². The number of carbonyl (C=O) groups is 1. The summed E-state index contributed by atoms with van der Waals surface area (Å²) >= 11 is 0. The molecule has 1 aliphatic rings. The fourth-order valence-corrected chi connectivity index (χ4v) is 3.05. The van der Waals surface area contributed by atoms with Gasteiger partial charge in [0.1, 0.15) is 11.6 Å². The van der Waals surface area contributed by atoms with Crippen molar-refractivity contribution in [3.8, 4) is 5.75 Å². The average Bonchev–Trinajstić information content (AvgIpc) is 2.94. The van der Waals surface area contributed by atoms with Crippen LogP contribution in [0, 0.1) is 6.92 Å². The van der Waals surface area contributed by atoms with Gasteiger partial charge in [0.25, 0.3) is 5.91 Å². The normalized spacial score (nSPS) is 16.5. The van der Waals surface area contributed by atoms with Crippen molar-refractivity contribution in [2.45, 2.75) is 26.5 Å². The quantitative estimate of drug-likeness (QED) is 0.842. The Morgan fingerprint density at radius 3 is 2.58 bits per heavy atom. The molecule has 3 rings (SSSR count). The van der Waals surface area contributed by atoms with E-state index in [2.05, 4.69) is 15.0 Å². The van der Waals surface area contributed by atoms with Crippen molar-refractivity contribution in [3.63, 3.8) is 0 Å². The van der Waals surface area contributed by atoms with Crippen LogP contribution < -0.4 is 10.4 Å². The number of amides is 1. The number of piperazine rings is 1. The summed E-state index contributed by atoms with van der Waals surface area (Å²) < 4.78 is 7.13. The van der Waals surface area contributed by atoms with Gasteiger partial charge in [0.2, 0.25) is 0 Å². The molecule has 8 heteroatoms. The van der Waals surface area contributed by atoms with Gasteiger partial charge in [0.15, 0.2) is 6.10 Å². The Morgan fingerprint density at radius 1 is 1.27 bits per heavy atom. The zero-order chi connectivity index (χ0) is 18.7. The number of rotatable bonds is 5. The maximum absolute atomic E-state index is 12.6. The van der Waals surface area contributed by atoms with Crippen LogP contribution in [0.3, 0.4) is 0 Å². The first-order valence-corrected chi connectivity index (χ1v) is 8.79. The molecule has 1 atom stereocenters. The zero-order valence-electron chi connectivity index (χ0n) is 15.4. The fourth-order valence-electron chi connectivity index (χ4n) is 3.05. The number of benzene rings is 1. The highest BCUT2D eigenvalue weighted by molar-refractivity contribution is 5.81. The van der Waals surface area contributed by atoms with Gasteiger partial charge in [-0.1, -0.05) is 18.2 Å². The smallest absolute Gasteiger partial charge is 0.343 e. The summed E-state index contributed by atoms with van der Waals surface area (Å²) in [5.74, 6) is 1.39. The highest BCUT2D eigenvalue weighted by atomic mass is 16.5. The van der Waals surface area contributed by atoms with E-state index >= 15 is 0 Å². The van der Waals surface area contributed by atoms with Crippen LogP contribution >= 0.6 is 0 Å². The number of nitrogens with one attached hydrogen (secondary N) is 1. The predicted octanol–water partition coefficient (Wildman–Crippen LogP) is 0.529. The number of aromatic amines is 1. The third-order valence-corrected chi connectivity index (χ3v) is 4.62. The molecule has 1 fully saturated rings. The van der Waals surface area contributed by atoms with E-state index in [1.54, 1.807) is 14.0 Å². The number of ether oxygens (including phenoxy) is 1. The van der Waals surface area contributed by atoms with Gasteiger partial charge in [-0.3, -0.25) is 14.7 Å². The van der Waals surface area contributed by atoms with Crippen molar-refractivity contribution in [3.05, 3.63) is 46.1 Å². The van der Waals surface area contributed by atoms with Gasteiger partial charge < -0.3 is 9.64 Å². The maximum Gasteiger partial charge on any atom is 0.343 e. The second-order valence-electron chi connectivity index (χ2n) is 6.63. The summed E-state index contributed by atoms with van der Waals surface area (Å²) in [7, 11) is 1.62. The summed E-state index contributed by atoms with van der Waals surface area (Å²) in [6, 6.07) is 7.70. The number of aromatic nitrogens is 3. The van der Waals surface area contributed by atoms with E-state index in [9.17, 15) is 9.59 Å². The molecule has 1 unspecified atom stereocenters. The van der Waals surface area contributed by atoms with Gasteiger partial charge in [-0.2, -0.15) is 5.10 Å². The minimum Gasteiger partial charge on any atom is -0.481 e. The molecule has 140 valence electrons. The van der Waals surface area contributed by atoms with Crippen LogP contribution in [0.4, 0.5) is 0 Å². The molecule has 1 N–H and O–H groups in total. The molecule has 0 aliphatic carbocycles. The number of carbonyl (C=O) groups excluding carboxylic acids is 1. The van der Waals surface area contributed by atoms with E-state index < -0.39 is 6.10 Å². The molecule has 1 saturated heterocycles. The lowest BCUT2D eigenvalue weighted by atomic mass is 10.2. The zero-order valence-corrected chi connectivity index (χ0v) is 15.4. The summed E-state index contributed by atoms with van der Waals surface area (Å²) in [6.07, 6.45) is -0.519. The molecule has 1 amide bonds. The van der Waals surface area contributed by atoms with Crippen LogP contribution in [0.25, 0.3) is 0 Å². The number of H-pyrrole nitrogens is 1. The van der Waals surface area contributed by atoms with Crippen LogP contribution in [-0.2, 0) is 18.4 Å². The van der Waals surface area contributed by atoms with Crippen LogP contribution in [0.5, 0.6) is 5.75 Å². The Morgan fingerprint density at radius 2 is 1.96 bits per heavy atom. The van der Waals surface area contributed by atoms with Crippen molar-refractivity contribution < 1.29 is 9.53 Å². The van der Waals surface area contributed by atoms with E-state index in [0.717, 1.165) is 24.4 Å². The van der Waals surface area contributed by atoms with Gasteiger partial charge in [-0.25, -0.2) is 9.48 Å². The molecule has 0 radical (unpaired) electrons. The summed E-state index contributed by atoms with van der Waals surface area (Å²) in [5.41, 5.74) is 0.803. The van der Waals surface area contributed by atoms with Gasteiger partial charge >= 0.3 is 5.69 Å². The van der Waals surface area contributed by atoms with Crippen LogP contribution in [0.15, 0.2) is 29.1 Å². The Hall–Kier alpha value is -2.61. The lowest BCUT2D eigenvalue weighted by molar-refractivity contribution is -0.139. The highest BCUT2D eigenvalue weighted by Crippen LogP contribution is 2.18. The monoisotopic (exact) mass is 359 g/mol. The van der Waals surface area contributed by atoms with Crippen molar-refractivity contribution in [2.75, 3.05) is 26.2 Å². The van der Waals surface area contributed by atoms with Gasteiger partial charge in [0.05, 0.1) is 6.54 Å². The molecule has 8 nitrogen and oxygen atoms in total. The van der Waals surface area contributed by atoms with Crippen molar-refractivity contribution in [1.82, 2.24) is 24.6 Å². The van der Waals surface area contributed by atoms with Crippen LogP contribution in [-0.4, -0.2) is 62.8 Å². The van der Waals surface area contributed by atoms with Crippen LogP contribution in [0.1, 0.15) is 18.3 Å². The second kappa shape index (κ2) is 7.74. The SMILES string of the molecule is Cc1ccccc1OC(C)C(=O)N1CCN(Cc2nn(C)c(=O)[nH]2)CC1. The predicted molar refractivity (Wildman–Crippen MR) is 97.0 cm³/mol. The number of hydrogen-bond acceptors (Lipinski definition) is 5. The third-order valence-electron chi connectivity index (χ3n) is 4.62. The number of hydrogen-bond donors (Lipinski definition) is 1. The maximum atomic E-state index is 12.6. The first-order chi connectivity index (χ1) is 12.4. The van der Waals surface area contributed by atoms with E-state index in [4.69, 9.17) is 4.74 Å². The second-order valence-corrected chi connectivity index (χ2v) is 6.63. The lowest BCUT2D eigenvalue weighted by Gasteiger charge is -2.35. The molecule has 1 aromatic carbocycles. The number of para-hydroxylation sites is 1. The minimum atomic E-state index is -0.519. The Bertz CT molecular complexity index is 820. The molecular weight excluding hydrogens is 334 g/mol. The summed E-state index contributed by atoms with van der Waals surface area (Å²) in [5, 5.41) is 4.15. The molecule has 2 heterocycles. The number of nitrogens with zero attached hydrogens (tertiary/aromatic N) is 4. The molecule has 0 bridgehead atoms. The Kier molecular flexibility index (Phi) is 5.41. The topological polar surface area (TPSA) is 83.5 Å². The minimum absolute atomic E-state index is 0.000791. The van der Waals surface area contributed by atoms with Crippen molar-refractivity contribution in [1.29, 1.82) is 0 Å². The summed E-state index contributed by atoms with van der Waals surface area (Å²) in [6.45, 7) is 7.08. The third kappa shape index (κ3) is 4.13. The molecule has 0 spiro atoms. The Balaban J connectivity index is 1.51. The lowest BCUT2D eigenvalue weighted by Crippen LogP contribution is -2.51. The molecule has 1 aliphatic heterocycles. The average molecular weight is 359 g/mol. The van der Waals surface area contributed by atoms with Crippen LogP contribution in [0.2, 0.25) is 0 Å². The highest BCUT2D eigenvalue weighted by Gasteiger charge is 2.26. The molecular formula is C18H25N5O3. The molecule has 26 heavy (non-hydrogen) atoms. The summed E-state index contributed by atoms with van der Waals surface area (Å²) in [4.78, 5) is 30.8. The standard InChI is InChI=1S/C18H25N5O3/c1-13-6-4-5-7-15(13)26-14(2)17(24)23-10-8-22(9-11-23)12-16-19-18(25)21(3)20-16/h4-7,14H,8-12H2,1-3H3,(H,19,20,25). The van der Waals surface area contributed by atoms with E-state index in [1.165, 1.54) is 4.68 Å². The van der Waals surface area contributed by atoms with E-state index in [1.807, 2.05) is 36.1 Å². The fraction of sp³-hybridized carbons (Fsp3) is 0.500. The van der Waals surface area contributed by atoms with Gasteiger partial charge in [0, 0.05) is 33.2 Å². The first kappa shape index (κ1) is 18.2. The first-order valence-electron chi connectivity index (χ1n) is 8.79. The number of aryl methyl sites for hydroxylation is 2. The van der Waals surface area contributed by atoms with Crippen molar-refractivity contribution in [2.24, 2.45) is 7.05 Å². The molecule has 2 aromatic rings. The molecule has 1 aromatic heterocycles. The molecule has 0 saturated carbocycles. The Labute approximate surface area is 152 Å². The van der Waals surface area contributed by atoms with Gasteiger partial charge in [-0.15, -0.1) is 0 Å². The largest absolute Gasteiger partial charge is 0.481 e. The van der Waals surface area contributed by atoms with E-state index in [0.29, 0.717) is 25.5 Å². The van der Waals surface area contributed by atoms with Crippen molar-refractivity contribution >= 4 is 5.91 Å².